The average molecular weight is 314 g/mol. The highest BCUT2D eigenvalue weighted by Crippen LogP contribution is 2.29. The smallest absolute Gasteiger partial charge is 0.214 e. The van der Waals surface area contributed by atoms with E-state index in [1.54, 1.807) is 0 Å². The van der Waals surface area contributed by atoms with E-state index in [2.05, 4.69) is 24.8 Å². The van der Waals surface area contributed by atoms with Crippen LogP contribution in [0, 0.1) is 0 Å². The van der Waals surface area contributed by atoms with Gasteiger partial charge >= 0.3 is 0 Å². The van der Waals surface area contributed by atoms with Crippen molar-refractivity contribution in [1.29, 1.82) is 0 Å². The minimum absolute atomic E-state index is 0.495. The molecule has 0 amide bonds. The van der Waals surface area contributed by atoms with Gasteiger partial charge in [0.2, 0.25) is 10.0 Å². The number of primary sulfonamides is 1. The zero-order valence-electron chi connectivity index (χ0n) is 12.0. The molecule has 1 aromatic rings. The van der Waals surface area contributed by atoms with Crippen molar-refractivity contribution in [3.05, 3.63) is 29.8 Å². The molecule has 0 aromatic heterocycles. The molecule has 20 heavy (non-hydrogen) atoms. The molecule has 0 radical (unpaired) electrons. The molecule has 0 bridgehead atoms. The maximum absolute atomic E-state index is 11.7. The van der Waals surface area contributed by atoms with Crippen molar-refractivity contribution in [3.8, 4) is 0 Å². The lowest BCUT2D eigenvalue weighted by Crippen LogP contribution is -2.45. The second-order valence-electron chi connectivity index (χ2n) is 5.41. The number of fused-ring (bicyclic) bond motifs is 1. The fourth-order valence-corrected chi connectivity index (χ4v) is 4.07. The molecule has 4 nitrogen and oxygen atoms in total. The van der Waals surface area contributed by atoms with Gasteiger partial charge in [-0.3, -0.25) is 0 Å². The minimum atomic E-state index is -3.49. The highest BCUT2D eigenvalue weighted by atomic mass is 32.2. The first-order valence-electron chi connectivity index (χ1n) is 6.84. The molecule has 0 saturated heterocycles. The number of hydrogen-bond acceptors (Lipinski definition) is 4. The molecule has 0 fully saturated rings. The third kappa shape index (κ3) is 3.90. The number of thioether (sulfide) groups is 1. The molecule has 1 heterocycles. The Labute approximate surface area is 125 Å². The number of sulfonamides is 1. The number of anilines is 1. The topological polar surface area (TPSA) is 63.4 Å². The van der Waals surface area contributed by atoms with Crippen LogP contribution in [0.5, 0.6) is 0 Å². The Morgan fingerprint density at radius 2 is 2.10 bits per heavy atom. The zero-order valence-corrected chi connectivity index (χ0v) is 13.6. The summed E-state index contributed by atoms with van der Waals surface area (Å²) >= 11 is 1.89. The fraction of sp³-hybridized carbons (Fsp3) is 0.571. The van der Waals surface area contributed by atoms with Crippen LogP contribution in [0.3, 0.4) is 0 Å². The molecule has 1 unspecified atom stereocenters. The third-order valence-corrected chi connectivity index (χ3v) is 5.81. The lowest BCUT2D eigenvalue weighted by molar-refractivity contribution is 0.571. The fourth-order valence-electron chi connectivity index (χ4n) is 2.48. The van der Waals surface area contributed by atoms with Crippen LogP contribution in [-0.4, -0.2) is 37.8 Å². The summed E-state index contributed by atoms with van der Waals surface area (Å²) in [5.74, 6) is 0.989. The summed E-state index contributed by atoms with van der Waals surface area (Å²) in [5.41, 5.74) is 2.23. The van der Waals surface area contributed by atoms with Gasteiger partial charge in [-0.25, -0.2) is 13.6 Å². The summed E-state index contributed by atoms with van der Waals surface area (Å²) in [5, 5.41) is 5.44. The maximum Gasteiger partial charge on any atom is 0.214 e. The number of nitrogens with zero attached hydrogens (tertiary/aromatic N) is 1. The van der Waals surface area contributed by atoms with Gasteiger partial charge in [-0.2, -0.15) is 11.8 Å². The van der Waals surface area contributed by atoms with E-state index in [4.69, 9.17) is 5.14 Å². The molecule has 1 atom stereocenters. The van der Waals surface area contributed by atoms with Crippen LogP contribution in [0.4, 0.5) is 5.69 Å². The normalized spacial score (nSPS) is 19.2. The Hall–Kier alpha value is -0.720. The summed E-state index contributed by atoms with van der Waals surface area (Å²) in [6.45, 7) is 5.68. The van der Waals surface area contributed by atoms with Gasteiger partial charge in [0.05, 0.1) is 5.25 Å². The van der Waals surface area contributed by atoms with Crippen molar-refractivity contribution in [1.82, 2.24) is 0 Å². The first-order valence-corrected chi connectivity index (χ1v) is 9.50. The van der Waals surface area contributed by atoms with E-state index in [9.17, 15) is 8.42 Å². The molecule has 0 saturated carbocycles. The van der Waals surface area contributed by atoms with Crippen LogP contribution in [-0.2, 0) is 16.4 Å². The largest absolute Gasteiger partial charge is 0.369 e. The van der Waals surface area contributed by atoms with Crippen molar-refractivity contribution in [3.63, 3.8) is 0 Å². The number of rotatable bonds is 5. The predicted octanol–water partition coefficient (Wildman–Crippen LogP) is 1.85. The van der Waals surface area contributed by atoms with Crippen molar-refractivity contribution < 1.29 is 8.42 Å². The molecule has 1 aliphatic heterocycles. The first-order chi connectivity index (χ1) is 9.38. The Bertz CT molecular complexity index is 558. The molecule has 2 N–H and O–H groups in total. The molecule has 2 rings (SSSR count). The first kappa shape index (κ1) is 15.7. The summed E-state index contributed by atoms with van der Waals surface area (Å²) in [6, 6.07) is 8.01. The SMILES string of the molecule is CC(C)SCCN1CC(S(N)(=O)=O)Cc2ccccc21. The molecule has 1 aliphatic rings. The summed E-state index contributed by atoms with van der Waals surface area (Å²) in [4.78, 5) is 2.16. The Balaban J connectivity index is 2.17. The van der Waals surface area contributed by atoms with Crippen LogP contribution < -0.4 is 10.0 Å². The van der Waals surface area contributed by atoms with Crippen molar-refractivity contribution in [2.24, 2.45) is 5.14 Å². The van der Waals surface area contributed by atoms with Gasteiger partial charge in [0.25, 0.3) is 0 Å². The van der Waals surface area contributed by atoms with E-state index >= 15 is 0 Å². The van der Waals surface area contributed by atoms with Gasteiger partial charge in [0.15, 0.2) is 0 Å². The van der Waals surface area contributed by atoms with Crippen LogP contribution >= 0.6 is 11.8 Å². The average Bonchev–Trinajstić information content (AvgIpc) is 2.37. The number of benzene rings is 1. The number of hydrogen-bond donors (Lipinski definition) is 1. The Morgan fingerprint density at radius 3 is 2.75 bits per heavy atom. The molecule has 6 heteroatoms. The molecule has 0 spiro atoms. The van der Waals surface area contributed by atoms with E-state index in [1.807, 2.05) is 30.0 Å². The van der Waals surface area contributed by atoms with E-state index in [1.165, 1.54) is 0 Å². The summed E-state index contributed by atoms with van der Waals surface area (Å²) < 4.78 is 23.3. The molecular formula is C14H22N2O2S2. The van der Waals surface area contributed by atoms with Gasteiger partial charge < -0.3 is 4.90 Å². The van der Waals surface area contributed by atoms with E-state index in [-0.39, 0.29) is 0 Å². The van der Waals surface area contributed by atoms with Gasteiger partial charge in [0, 0.05) is 24.5 Å². The summed E-state index contributed by atoms with van der Waals surface area (Å²) in [6.07, 6.45) is 0.517. The highest BCUT2D eigenvalue weighted by molar-refractivity contribution is 7.99. The van der Waals surface area contributed by atoms with E-state index in [0.29, 0.717) is 18.2 Å². The molecule has 1 aromatic carbocycles. The molecular weight excluding hydrogens is 292 g/mol. The highest BCUT2D eigenvalue weighted by Gasteiger charge is 2.30. The van der Waals surface area contributed by atoms with Gasteiger partial charge in [-0.15, -0.1) is 0 Å². The van der Waals surface area contributed by atoms with E-state index < -0.39 is 15.3 Å². The van der Waals surface area contributed by atoms with Gasteiger partial charge in [0.1, 0.15) is 0 Å². The predicted molar refractivity (Wildman–Crippen MR) is 86.8 cm³/mol. The van der Waals surface area contributed by atoms with Crippen LogP contribution in [0.1, 0.15) is 19.4 Å². The number of nitrogens with two attached hydrogens (primary N) is 1. The lowest BCUT2D eigenvalue weighted by Gasteiger charge is -2.35. The lowest BCUT2D eigenvalue weighted by atomic mass is 10.0. The van der Waals surface area contributed by atoms with Crippen molar-refractivity contribution in [2.75, 3.05) is 23.7 Å². The van der Waals surface area contributed by atoms with E-state index in [0.717, 1.165) is 23.5 Å². The van der Waals surface area contributed by atoms with Crippen LogP contribution in [0.25, 0.3) is 0 Å². The van der Waals surface area contributed by atoms with Crippen LogP contribution in [0.2, 0.25) is 0 Å². The molecule has 0 aliphatic carbocycles. The minimum Gasteiger partial charge on any atom is -0.369 e. The maximum atomic E-state index is 11.7. The quantitative estimate of drug-likeness (QED) is 0.901. The van der Waals surface area contributed by atoms with Crippen molar-refractivity contribution in [2.45, 2.75) is 30.8 Å². The van der Waals surface area contributed by atoms with Crippen molar-refractivity contribution >= 4 is 27.5 Å². The Kier molecular flexibility index (Phi) is 4.99. The van der Waals surface area contributed by atoms with Gasteiger partial charge in [-0.1, -0.05) is 32.0 Å². The van der Waals surface area contributed by atoms with Crippen LogP contribution in [0.15, 0.2) is 24.3 Å². The zero-order chi connectivity index (χ0) is 14.8. The second kappa shape index (κ2) is 6.37. The Morgan fingerprint density at radius 1 is 1.40 bits per heavy atom. The number of para-hydroxylation sites is 1. The van der Waals surface area contributed by atoms with Gasteiger partial charge in [-0.05, 0) is 23.3 Å². The summed E-state index contributed by atoms with van der Waals surface area (Å²) in [7, 11) is -3.49. The second-order valence-corrected chi connectivity index (χ2v) is 8.94. The molecule has 112 valence electrons. The standard InChI is InChI=1S/C14H22N2O2S2/c1-11(2)19-8-7-16-10-13(20(15,17)18)9-12-5-3-4-6-14(12)16/h3-6,11,13H,7-10H2,1-2H3,(H2,15,17,18). The third-order valence-electron chi connectivity index (χ3n) is 3.48. The monoisotopic (exact) mass is 314 g/mol.